The first-order chi connectivity index (χ1) is 9.99. The van der Waals surface area contributed by atoms with Crippen molar-refractivity contribution in [2.45, 2.75) is 13.3 Å². The van der Waals surface area contributed by atoms with E-state index in [1.54, 1.807) is 18.3 Å². The summed E-state index contributed by atoms with van der Waals surface area (Å²) in [6.45, 7) is 2.29. The number of fused-ring (bicyclic) bond motifs is 1. The molecule has 7 heteroatoms. The summed E-state index contributed by atoms with van der Waals surface area (Å²) in [6.07, 6.45) is 3.13. The quantitative estimate of drug-likeness (QED) is 0.625. The number of nitrogens with zero attached hydrogens (tertiary/aromatic N) is 2. The molecule has 0 aliphatic carbocycles. The molecule has 2 aromatic rings. The summed E-state index contributed by atoms with van der Waals surface area (Å²) < 4.78 is 0. The molecule has 0 aliphatic rings. The van der Waals surface area contributed by atoms with E-state index in [-0.39, 0.29) is 18.0 Å². The first-order valence-corrected chi connectivity index (χ1v) is 6.46. The maximum atomic E-state index is 11.0. The number of non-ortho nitro benzene ring substituents is 1. The van der Waals surface area contributed by atoms with Crippen molar-refractivity contribution in [2.24, 2.45) is 5.92 Å². The predicted molar refractivity (Wildman–Crippen MR) is 78.3 cm³/mol. The number of nitro groups is 1. The summed E-state index contributed by atoms with van der Waals surface area (Å²) in [5, 5.41) is 24.0. The molecule has 110 valence electrons. The van der Waals surface area contributed by atoms with Crippen LogP contribution in [-0.4, -0.2) is 27.5 Å². The Morgan fingerprint density at radius 3 is 2.86 bits per heavy atom. The van der Waals surface area contributed by atoms with Crippen LogP contribution in [0.25, 0.3) is 10.8 Å². The number of nitrogens with one attached hydrogen (secondary N) is 1. The summed E-state index contributed by atoms with van der Waals surface area (Å²) in [7, 11) is 0. The lowest BCUT2D eigenvalue weighted by molar-refractivity contribution is -0.383. The first-order valence-electron chi connectivity index (χ1n) is 6.46. The fourth-order valence-corrected chi connectivity index (χ4v) is 2.14. The fraction of sp³-hybridized carbons (Fsp3) is 0.286. The molecule has 0 aliphatic heterocycles. The average molecular weight is 289 g/mol. The number of aliphatic carboxylic acids is 1. The number of carboxylic acid groups (broad SMARTS) is 1. The van der Waals surface area contributed by atoms with Crippen LogP contribution in [0.15, 0.2) is 30.6 Å². The zero-order chi connectivity index (χ0) is 15.4. The molecule has 2 N–H and O–H groups in total. The number of carboxylic acids is 1. The highest BCUT2D eigenvalue weighted by Crippen LogP contribution is 2.30. The molecule has 1 heterocycles. The third kappa shape index (κ3) is 3.44. The van der Waals surface area contributed by atoms with Gasteiger partial charge in [-0.2, -0.15) is 0 Å². The molecular weight excluding hydrogens is 274 g/mol. The molecule has 0 amide bonds. The highest BCUT2D eigenvalue weighted by molar-refractivity contribution is 5.99. The number of aromatic nitrogens is 1. The number of carbonyl (C=O) groups is 1. The smallest absolute Gasteiger partial charge is 0.303 e. The topological polar surface area (TPSA) is 105 Å². The number of hydrogen-bond acceptors (Lipinski definition) is 5. The van der Waals surface area contributed by atoms with Crippen LogP contribution in [0, 0.1) is 16.0 Å². The minimum atomic E-state index is -0.848. The van der Waals surface area contributed by atoms with Crippen molar-refractivity contribution in [3.05, 3.63) is 40.7 Å². The van der Waals surface area contributed by atoms with Gasteiger partial charge in [-0.05, 0) is 18.1 Å². The van der Waals surface area contributed by atoms with Crippen molar-refractivity contribution in [3.8, 4) is 0 Å². The van der Waals surface area contributed by atoms with Gasteiger partial charge in [0.25, 0.3) is 5.69 Å². The largest absolute Gasteiger partial charge is 0.481 e. The van der Waals surface area contributed by atoms with Gasteiger partial charge >= 0.3 is 5.97 Å². The van der Waals surface area contributed by atoms with Crippen LogP contribution in [0.2, 0.25) is 0 Å². The van der Waals surface area contributed by atoms with E-state index in [4.69, 9.17) is 5.11 Å². The molecule has 1 aromatic carbocycles. The van der Waals surface area contributed by atoms with Crippen molar-refractivity contribution < 1.29 is 14.8 Å². The van der Waals surface area contributed by atoms with Gasteiger partial charge in [-0.3, -0.25) is 19.9 Å². The Morgan fingerprint density at radius 1 is 1.43 bits per heavy atom. The third-order valence-corrected chi connectivity index (χ3v) is 3.16. The van der Waals surface area contributed by atoms with Crippen molar-refractivity contribution in [3.63, 3.8) is 0 Å². The van der Waals surface area contributed by atoms with E-state index < -0.39 is 10.9 Å². The van der Waals surface area contributed by atoms with Gasteiger partial charge in [0.2, 0.25) is 0 Å². The van der Waals surface area contributed by atoms with E-state index in [9.17, 15) is 14.9 Å². The van der Waals surface area contributed by atoms with Crippen LogP contribution >= 0.6 is 0 Å². The van der Waals surface area contributed by atoms with Crippen LogP contribution in [0.5, 0.6) is 0 Å². The molecule has 0 bridgehead atoms. The van der Waals surface area contributed by atoms with Gasteiger partial charge in [0.1, 0.15) is 0 Å². The summed E-state index contributed by atoms with van der Waals surface area (Å²) >= 11 is 0. The molecule has 1 atom stereocenters. The zero-order valence-electron chi connectivity index (χ0n) is 11.4. The van der Waals surface area contributed by atoms with Crippen molar-refractivity contribution >= 4 is 28.1 Å². The summed E-state index contributed by atoms with van der Waals surface area (Å²) in [6, 6.07) is 4.65. The van der Waals surface area contributed by atoms with E-state index in [2.05, 4.69) is 10.3 Å². The number of hydrogen-bond donors (Lipinski definition) is 2. The molecule has 1 unspecified atom stereocenters. The molecular formula is C14H15N3O4. The monoisotopic (exact) mass is 289 g/mol. The Bertz CT molecular complexity index is 687. The Morgan fingerprint density at radius 2 is 2.19 bits per heavy atom. The van der Waals surface area contributed by atoms with Crippen molar-refractivity contribution in [1.29, 1.82) is 0 Å². The van der Waals surface area contributed by atoms with E-state index in [1.165, 1.54) is 12.3 Å². The summed E-state index contributed by atoms with van der Waals surface area (Å²) in [5.41, 5.74) is 0.734. The Balaban J connectivity index is 2.27. The Labute approximate surface area is 120 Å². The van der Waals surface area contributed by atoms with E-state index >= 15 is 0 Å². The zero-order valence-corrected chi connectivity index (χ0v) is 11.4. The standard InChI is InChI=1S/C14H15N3O4/c1-9(6-14(18)19)7-16-12-2-3-13(17(20)21)10-4-5-15-8-11(10)12/h2-5,8-9,16H,6-7H2,1H3,(H,18,19). The van der Waals surface area contributed by atoms with Gasteiger partial charge in [0.05, 0.1) is 10.3 Å². The minimum absolute atomic E-state index is 0.0246. The van der Waals surface area contributed by atoms with Gasteiger partial charge in [0.15, 0.2) is 0 Å². The number of anilines is 1. The third-order valence-electron chi connectivity index (χ3n) is 3.16. The summed E-state index contributed by atoms with van der Waals surface area (Å²) in [4.78, 5) is 25.2. The normalized spacial score (nSPS) is 12.0. The second-order valence-electron chi connectivity index (χ2n) is 4.89. The second kappa shape index (κ2) is 6.17. The summed E-state index contributed by atoms with van der Waals surface area (Å²) in [5.74, 6) is -0.899. The lowest BCUT2D eigenvalue weighted by Gasteiger charge is -2.13. The van der Waals surface area contributed by atoms with Gasteiger partial charge in [-0.15, -0.1) is 0 Å². The van der Waals surface area contributed by atoms with E-state index in [0.29, 0.717) is 23.0 Å². The molecule has 0 radical (unpaired) electrons. The lowest BCUT2D eigenvalue weighted by atomic mass is 10.1. The second-order valence-corrected chi connectivity index (χ2v) is 4.89. The number of rotatable bonds is 6. The molecule has 0 spiro atoms. The maximum absolute atomic E-state index is 11.0. The van der Waals surface area contributed by atoms with Crippen LogP contribution in [-0.2, 0) is 4.79 Å². The van der Waals surface area contributed by atoms with Gasteiger partial charge in [-0.1, -0.05) is 6.92 Å². The Kier molecular flexibility index (Phi) is 4.32. The first kappa shape index (κ1) is 14.7. The van der Waals surface area contributed by atoms with Crippen molar-refractivity contribution in [2.75, 3.05) is 11.9 Å². The van der Waals surface area contributed by atoms with Crippen LogP contribution in [0.3, 0.4) is 0 Å². The average Bonchev–Trinajstić information content (AvgIpc) is 2.43. The molecule has 0 saturated carbocycles. The van der Waals surface area contributed by atoms with Crippen LogP contribution in [0.4, 0.5) is 11.4 Å². The lowest BCUT2D eigenvalue weighted by Crippen LogP contribution is -2.15. The highest BCUT2D eigenvalue weighted by atomic mass is 16.6. The molecule has 0 saturated heterocycles. The molecule has 7 nitrogen and oxygen atoms in total. The van der Waals surface area contributed by atoms with Crippen molar-refractivity contribution in [1.82, 2.24) is 4.98 Å². The molecule has 2 rings (SSSR count). The van der Waals surface area contributed by atoms with Crippen LogP contribution in [0.1, 0.15) is 13.3 Å². The minimum Gasteiger partial charge on any atom is -0.481 e. The van der Waals surface area contributed by atoms with Crippen LogP contribution < -0.4 is 5.32 Å². The number of nitro benzene ring substituents is 1. The fourth-order valence-electron chi connectivity index (χ4n) is 2.14. The molecule has 21 heavy (non-hydrogen) atoms. The maximum Gasteiger partial charge on any atom is 0.303 e. The van der Waals surface area contributed by atoms with Gasteiger partial charge in [-0.25, -0.2) is 0 Å². The Hall–Kier alpha value is -2.70. The number of benzene rings is 1. The van der Waals surface area contributed by atoms with Gasteiger partial charge in [0, 0.05) is 42.5 Å². The molecule has 0 fully saturated rings. The van der Waals surface area contributed by atoms with E-state index in [1.807, 2.05) is 6.92 Å². The highest BCUT2D eigenvalue weighted by Gasteiger charge is 2.15. The number of pyridine rings is 1. The van der Waals surface area contributed by atoms with Gasteiger partial charge < -0.3 is 10.4 Å². The molecule has 1 aromatic heterocycles. The van der Waals surface area contributed by atoms with E-state index in [0.717, 1.165) is 0 Å². The SMILES string of the molecule is CC(CNc1ccc([N+](=O)[O-])c2ccncc12)CC(=O)O. The predicted octanol–water partition coefficient (Wildman–Crippen LogP) is 2.67.